The van der Waals surface area contributed by atoms with Crippen molar-refractivity contribution in [1.29, 1.82) is 0 Å². The molecule has 0 fully saturated rings. The molecule has 0 spiro atoms. The number of rotatable bonds is 3. The fourth-order valence-electron chi connectivity index (χ4n) is 1.32. The molecule has 23 heavy (non-hydrogen) atoms. The minimum absolute atomic E-state index is 0. The second-order valence-corrected chi connectivity index (χ2v) is 4.82. The number of quaternary nitrogens is 2. The van der Waals surface area contributed by atoms with Gasteiger partial charge in [-0.2, -0.15) is 0 Å². The lowest BCUT2D eigenvalue weighted by Gasteiger charge is -2.23. The third-order valence-electron chi connectivity index (χ3n) is 1.78. The molecule has 0 saturated heterocycles. The topological polar surface area (TPSA) is 212 Å². The molecule has 0 aliphatic heterocycles. The standard InChI is InChI=1S/C10H15N2O2.2NO3.H3N/c1-12(2,3)8-9-5-4-6-10(7-9)11(13)14;2*2-1(3)4;/h4-7H,8H2,1-3H3;;;1H3/q+1;2*-1;/p+1. The van der Waals surface area contributed by atoms with Crippen LogP contribution in [0.4, 0.5) is 5.69 Å². The van der Waals surface area contributed by atoms with Crippen LogP contribution in [-0.4, -0.2) is 40.7 Å². The van der Waals surface area contributed by atoms with Crippen LogP contribution < -0.4 is 6.15 Å². The molecule has 0 radical (unpaired) electrons. The highest BCUT2D eigenvalue weighted by Gasteiger charge is 2.11. The average molecular weight is 337 g/mol. The van der Waals surface area contributed by atoms with Gasteiger partial charge in [0.15, 0.2) is 0 Å². The Morgan fingerprint density at radius 1 is 0.913 bits per heavy atom. The number of benzene rings is 1. The second-order valence-electron chi connectivity index (χ2n) is 4.82. The van der Waals surface area contributed by atoms with Crippen molar-refractivity contribution in [3.63, 3.8) is 0 Å². The van der Waals surface area contributed by atoms with E-state index in [1.807, 2.05) is 6.07 Å². The molecule has 1 rings (SSSR count). The molecule has 0 atom stereocenters. The van der Waals surface area contributed by atoms with Gasteiger partial charge in [0.25, 0.3) is 5.69 Å². The Morgan fingerprint density at radius 2 is 1.30 bits per heavy atom. The summed E-state index contributed by atoms with van der Waals surface area (Å²) in [6.45, 7) is 0.793. The molecule has 0 unspecified atom stereocenters. The number of nitro groups is 1. The predicted molar refractivity (Wildman–Crippen MR) is 81.5 cm³/mol. The van der Waals surface area contributed by atoms with Crippen molar-refractivity contribution < 1.29 is 19.6 Å². The van der Waals surface area contributed by atoms with Crippen molar-refractivity contribution in [2.75, 3.05) is 21.1 Å². The third kappa shape index (κ3) is 21.4. The minimum Gasteiger partial charge on any atom is -0.369 e. The first-order valence-corrected chi connectivity index (χ1v) is 5.52. The maximum absolute atomic E-state index is 10.5. The highest BCUT2D eigenvalue weighted by atomic mass is 16.9. The summed E-state index contributed by atoms with van der Waals surface area (Å²) >= 11 is 0. The number of hydrogen-bond acceptors (Lipinski definition) is 8. The molecule has 0 amide bonds. The zero-order valence-corrected chi connectivity index (χ0v) is 13.1. The molecule has 132 valence electrons. The monoisotopic (exact) mass is 337 g/mol. The fourth-order valence-corrected chi connectivity index (χ4v) is 1.32. The van der Waals surface area contributed by atoms with Crippen molar-refractivity contribution in [2.45, 2.75) is 6.54 Å². The summed E-state index contributed by atoms with van der Waals surface area (Å²) in [6, 6.07) is 6.78. The summed E-state index contributed by atoms with van der Waals surface area (Å²) in [5, 5.41) is 40.0. The summed E-state index contributed by atoms with van der Waals surface area (Å²) in [5.41, 5.74) is 1.16. The van der Waals surface area contributed by atoms with Crippen LogP contribution in [0.25, 0.3) is 0 Å². The molecule has 1 aromatic carbocycles. The smallest absolute Gasteiger partial charge is 0.269 e. The fraction of sp³-hybridized carbons (Fsp3) is 0.400. The van der Waals surface area contributed by atoms with Gasteiger partial charge in [-0.05, 0) is 0 Å². The van der Waals surface area contributed by atoms with Gasteiger partial charge in [-0.3, -0.25) is 10.1 Å². The van der Waals surface area contributed by atoms with E-state index in [9.17, 15) is 10.1 Å². The molecule has 0 bridgehead atoms. The lowest BCUT2D eigenvalue weighted by atomic mass is 10.2. The molecule has 1 aromatic rings. The predicted octanol–water partition coefficient (Wildman–Crippen LogP) is 1.70. The quantitative estimate of drug-likeness (QED) is 0.485. The Hall–Kier alpha value is -3.06. The van der Waals surface area contributed by atoms with Crippen LogP contribution in [0.1, 0.15) is 5.56 Å². The first-order chi connectivity index (χ1) is 9.85. The van der Waals surface area contributed by atoms with Crippen LogP contribution in [0.15, 0.2) is 24.3 Å². The van der Waals surface area contributed by atoms with Crippen LogP contribution in [0, 0.1) is 40.8 Å². The minimum atomic E-state index is -1.75. The van der Waals surface area contributed by atoms with Crippen molar-refractivity contribution in [1.82, 2.24) is 6.15 Å². The maximum Gasteiger partial charge on any atom is 0.269 e. The van der Waals surface area contributed by atoms with E-state index >= 15 is 0 Å². The van der Waals surface area contributed by atoms with Gasteiger partial charge >= 0.3 is 0 Å². The Labute approximate surface area is 130 Å². The summed E-state index contributed by atoms with van der Waals surface area (Å²) < 4.78 is 0.765. The highest BCUT2D eigenvalue weighted by Crippen LogP contribution is 2.15. The normalized spacial score (nSPS) is 9.00. The maximum atomic E-state index is 10.5. The molecule has 0 aromatic heterocycles. The van der Waals surface area contributed by atoms with Crippen LogP contribution in [0.3, 0.4) is 0 Å². The summed E-state index contributed by atoms with van der Waals surface area (Å²) in [5.74, 6) is 0. The number of nitrogens with zero attached hydrogens (tertiary/aromatic N) is 4. The highest BCUT2D eigenvalue weighted by molar-refractivity contribution is 5.33. The molecule has 0 aliphatic carbocycles. The summed E-state index contributed by atoms with van der Waals surface area (Å²) in [7, 11) is 6.16. The molecule has 4 N–H and O–H groups in total. The van der Waals surface area contributed by atoms with Gasteiger partial charge in [0, 0.05) is 17.7 Å². The van der Waals surface area contributed by atoms with Gasteiger partial charge in [0.1, 0.15) is 6.54 Å². The van der Waals surface area contributed by atoms with Crippen LogP contribution in [0.5, 0.6) is 0 Å². The van der Waals surface area contributed by atoms with E-state index in [1.54, 1.807) is 12.1 Å². The lowest BCUT2D eigenvalue weighted by Crippen LogP contribution is -2.33. The third-order valence-corrected chi connectivity index (χ3v) is 1.78. The van der Waals surface area contributed by atoms with Crippen LogP contribution in [0.2, 0.25) is 0 Å². The van der Waals surface area contributed by atoms with E-state index in [2.05, 4.69) is 21.1 Å². The van der Waals surface area contributed by atoms with Crippen molar-refractivity contribution in [3.05, 3.63) is 70.6 Å². The van der Waals surface area contributed by atoms with Gasteiger partial charge < -0.3 is 41.3 Å². The Morgan fingerprint density at radius 3 is 1.61 bits per heavy atom. The van der Waals surface area contributed by atoms with Gasteiger partial charge in [-0.1, -0.05) is 12.1 Å². The molecular formula is C10H19N5O8. The van der Waals surface area contributed by atoms with E-state index in [0.29, 0.717) is 0 Å². The van der Waals surface area contributed by atoms with Crippen molar-refractivity contribution in [2.24, 2.45) is 0 Å². The molecule has 0 saturated carbocycles. The zero-order valence-electron chi connectivity index (χ0n) is 13.1. The average Bonchev–Trinajstić information content (AvgIpc) is 2.25. The number of nitro benzene ring substituents is 1. The van der Waals surface area contributed by atoms with Crippen molar-refractivity contribution in [3.8, 4) is 0 Å². The Kier molecular flexibility index (Phi) is 12.6. The van der Waals surface area contributed by atoms with Crippen LogP contribution in [-0.2, 0) is 6.54 Å². The molecule has 13 nitrogen and oxygen atoms in total. The molecular weight excluding hydrogens is 318 g/mol. The van der Waals surface area contributed by atoms with Gasteiger partial charge in [-0.15, -0.1) is 0 Å². The first kappa shape index (κ1) is 24.9. The molecule has 13 heteroatoms. The molecule has 0 aliphatic rings. The van der Waals surface area contributed by atoms with Crippen LogP contribution >= 0.6 is 0 Å². The summed E-state index contributed by atoms with van der Waals surface area (Å²) in [4.78, 5) is 26.7. The van der Waals surface area contributed by atoms with E-state index in [-0.39, 0.29) is 16.8 Å². The lowest BCUT2D eigenvalue weighted by molar-refractivity contribution is -0.884. The van der Waals surface area contributed by atoms with Gasteiger partial charge in [0.2, 0.25) is 0 Å². The number of hydrogen-bond donors (Lipinski definition) is 1. The van der Waals surface area contributed by atoms with Crippen molar-refractivity contribution >= 4 is 5.69 Å². The van der Waals surface area contributed by atoms with E-state index in [4.69, 9.17) is 30.6 Å². The first-order valence-electron chi connectivity index (χ1n) is 5.52. The summed E-state index contributed by atoms with van der Waals surface area (Å²) in [6.07, 6.45) is 0. The number of non-ortho nitro benzene ring substituents is 1. The van der Waals surface area contributed by atoms with E-state index < -0.39 is 10.2 Å². The largest absolute Gasteiger partial charge is 0.369 e. The SMILES string of the molecule is C[N+](C)(C)Cc1cccc([N+](=O)[O-])c1.O=[N+]([O-])[O-].O=[N+]([O-])[O-].[NH4+]. The van der Waals surface area contributed by atoms with E-state index in [0.717, 1.165) is 16.6 Å². The Balaban J connectivity index is -0.000000374. The van der Waals surface area contributed by atoms with Gasteiger partial charge in [-0.25, -0.2) is 0 Å². The second kappa shape index (κ2) is 11.6. The van der Waals surface area contributed by atoms with Gasteiger partial charge in [0.05, 0.1) is 36.2 Å². The Bertz CT molecular complexity index is 496. The van der Waals surface area contributed by atoms with E-state index in [1.165, 1.54) is 6.07 Å². The zero-order chi connectivity index (χ0) is 17.9. The molecule has 0 heterocycles.